The van der Waals surface area contributed by atoms with Crippen molar-refractivity contribution in [3.8, 4) is 0 Å². The van der Waals surface area contributed by atoms with Crippen LogP contribution in [0.3, 0.4) is 0 Å². The molecule has 5 heterocycles. The van der Waals surface area contributed by atoms with E-state index in [0.29, 0.717) is 23.9 Å². The molecule has 10 rings (SSSR count). The molecule has 0 fully saturated rings. The van der Waals surface area contributed by atoms with E-state index >= 15 is 0 Å². The summed E-state index contributed by atoms with van der Waals surface area (Å²) < 4.78 is 0. The van der Waals surface area contributed by atoms with Gasteiger partial charge in [0.15, 0.2) is 0 Å². The Morgan fingerprint density at radius 3 is 1.18 bits per heavy atom. The average molecular weight is 1090 g/mol. The number of anilines is 4. The van der Waals surface area contributed by atoms with Gasteiger partial charge in [-0.25, -0.2) is 0 Å². The molecule has 4 aromatic carbocycles. The van der Waals surface area contributed by atoms with Crippen LogP contribution in [-0.2, 0) is 40.1 Å². The van der Waals surface area contributed by atoms with Crippen LogP contribution in [0.4, 0.5) is 22.7 Å². The first-order valence-electron chi connectivity index (χ1n) is 31.1. The summed E-state index contributed by atoms with van der Waals surface area (Å²) in [5.74, 6) is 3.91. The molecular weight excluding hydrogens is 971 g/mol. The molecule has 442 valence electrons. The van der Waals surface area contributed by atoms with Crippen LogP contribution < -0.4 is 19.6 Å². The lowest BCUT2D eigenvalue weighted by Gasteiger charge is -2.38. The van der Waals surface area contributed by atoms with E-state index in [2.05, 4.69) is 126 Å². The van der Waals surface area contributed by atoms with Crippen LogP contribution in [0.25, 0.3) is 0 Å². The number of carbonyl (C=O) groups excluding carboxylic acids is 3. The zero-order valence-electron chi connectivity index (χ0n) is 54.8. The number of para-hydroxylation sites is 4. The van der Waals surface area contributed by atoms with Gasteiger partial charge in [-0.1, -0.05) is 190 Å². The number of amides is 3. The Kier molecular flexibility index (Phi) is 33.4. The summed E-state index contributed by atoms with van der Waals surface area (Å²) in [5, 5.41) is 0. The van der Waals surface area contributed by atoms with Crippen LogP contribution in [-0.4, -0.2) is 69.9 Å². The summed E-state index contributed by atoms with van der Waals surface area (Å²) in [6, 6.07) is 35.1. The molecule has 6 aliphatic rings. The SMILES string of the molecule is CC.CC.CC.CC.CC.CC1CC2=C(CCCC2)N(C)C1=O.CC1Cc2ccccc2N(C)C(=O)C1C.CC1Cc2ccccc2N(C)C(C)C1C.CC1Cc2ccccc2N(C)C1=O.CC1Cc2ccccc2N(C)C1C. The van der Waals surface area contributed by atoms with E-state index in [1.54, 1.807) is 15.4 Å². The molecule has 1 aliphatic carbocycles. The van der Waals surface area contributed by atoms with E-state index in [1.807, 2.05) is 152 Å². The fourth-order valence-corrected chi connectivity index (χ4v) is 11.3. The summed E-state index contributed by atoms with van der Waals surface area (Å²) in [4.78, 5) is 45.6. The monoisotopic (exact) mass is 1090 g/mol. The van der Waals surface area contributed by atoms with E-state index < -0.39 is 0 Å². The molecule has 0 bridgehead atoms. The highest BCUT2D eigenvalue weighted by atomic mass is 16.2. The molecule has 0 N–H and O–H groups in total. The summed E-state index contributed by atoms with van der Waals surface area (Å²) in [6.45, 7) is 39.9. The maximum atomic E-state index is 12.0. The average Bonchev–Trinajstić information content (AvgIpc) is 3.63. The molecule has 0 saturated carbocycles. The Hall–Kier alpha value is -5.37. The smallest absolute Gasteiger partial charge is 0.229 e. The van der Waals surface area contributed by atoms with Crippen molar-refractivity contribution in [1.29, 1.82) is 0 Å². The van der Waals surface area contributed by atoms with Crippen LogP contribution in [0.15, 0.2) is 108 Å². The fourth-order valence-electron chi connectivity index (χ4n) is 11.3. The van der Waals surface area contributed by atoms with Crippen molar-refractivity contribution in [1.82, 2.24) is 4.90 Å². The minimum atomic E-state index is 0.113. The van der Waals surface area contributed by atoms with Crippen LogP contribution in [0.1, 0.15) is 186 Å². The van der Waals surface area contributed by atoms with E-state index in [9.17, 15) is 14.4 Å². The van der Waals surface area contributed by atoms with Gasteiger partial charge in [-0.15, -0.1) is 0 Å². The highest BCUT2D eigenvalue weighted by Crippen LogP contribution is 2.37. The number of allylic oxidation sites excluding steroid dienone is 2. The third-order valence-corrected chi connectivity index (χ3v) is 16.9. The largest absolute Gasteiger partial charge is 0.371 e. The number of benzene rings is 4. The van der Waals surface area contributed by atoms with Crippen molar-refractivity contribution < 1.29 is 14.4 Å². The van der Waals surface area contributed by atoms with Gasteiger partial charge < -0.3 is 24.5 Å². The van der Waals surface area contributed by atoms with E-state index in [0.717, 1.165) is 54.8 Å². The Balaban J connectivity index is 0.000000475. The normalized spacial score (nSPS) is 24.0. The minimum Gasteiger partial charge on any atom is -0.371 e. The first kappa shape index (κ1) is 71.6. The lowest BCUT2D eigenvalue weighted by molar-refractivity contribution is -0.133. The highest BCUT2D eigenvalue weighted by Gasteiger charge is 2.32. The van der Waals surface area contributed by atoms with Gasteiger partial charge >= 0.3 is 0 Å². The maximum Gasteiger partial charge on any atom is 0.229 e. The second-order valence-corrected chi connectivity index (χ2v) is 21.6. The van der Waals surface area contributed by atoms with Gasteiger partial charge in [-0.05, 0) is 147 Å². The second-order valence-electron chi connectivity index (χ2n) is 21.6. The van der Waals surface area contributed by atoms with Crippen molar-refractivity contribution in [3.05, 3.63) is 131 Å². The van der Waals surface area contributed by atoms with Gasteiger partial charge in [0.2, 0.25) is 17.7 Å². The van der Waals surface area contributed by atoms with Crippen molar-refractivity contribution in [2.45, 2.75) is 201 Å². The molecule has 9 atom stereocenters. The lowest BCUT2D eigenvalue weighted by Crippen LogP contribution is -2.39. The second kappa shape index (κ2) is 36.8. The number of hydrogen-bond donors (Lipinski definition) is 0. The van der Waals surface area contributed by atoms with E-state index in [4.69, 9.17) is 0 Å². The Morgan fingerprint density at radius 1 is 0.354 bits per heavy atom. The zero-order valence-corrected chi connectivity index (χ0v) is 54.8. The lowest BCUT2D eigenvalue weighted by atomic mass is 9.85. The molecule has 0 aromatic heterocycles. The van der Waals surface area contributed by atoms with Gasteiger partial charge in [0, 0.05) is 93.5 Å². The number of fused-ring (bicyclic) bond motifs is 4. The molecular formula is C71H115N5O3. The van der Waals surface area contributed by atoms with Gasteiger partial charge in [0.25, 0.3) is 0 Å². The highest BCUT2D eigenvalue weighted by molar-refractivity contribution is 5.97. The topological polar surface area (TPSA) is 67.4 Å². The van der Waals surface area contributed by atoms with E-state index in [-0.39, 0.29) is 29.6 Å². The third-order valence-electron chi connectivity index (χ3n) is 16.9. The third kappa shape index (κ3) is 19.1. The van der Waals surface area contributed by atoms with Crippen molar-refractivity contribution >= 4 is 40.5 Å². The number of nitrogens with zero attached hydrogens (tertiary/aromatic N) is 5. The van der Waals surface area contributed by atoms with Crippen LogP contribution >= 0.6 is 0 Å². The zero-order chi connectivity index (χ0) is 60.3. The molecule has 79 heavy (non-hydrogen) atoms. The molecule has 0 radical (unpaired) electrons. The quantitative estimate of drug-likeness (QED) is 0.176. The van der Waals surface area contributed by atoms with Crippen molar-refractivity contribution in [2.24, 2.45) is 41.4 Å². The molecule has 0 saturated heterocycles. The number of carbonyl (C=O) groups is 3. The van der Waals surface area contributed by atoms with Crippen molar-refractivity contribution in [2.75, 3.05) is 54.8 Å². The molecule has 8 nitrogen and oxygen atoms in total. The maximum absolute atomic E-state index is 12.0. The molecule has 8 heteroatoms. The molecule has 3 amide bonds. The summed E-state index contributed by atoms with van der Waals surface area (Å²) in [7, 11) is 10.1. The predicted octanol–water partition coefficient (Wildman–Crippen LogP) is 17.8. The van der Waals surface area contributed by atoms with Crippen LogP contribution in [0, 0.1) is 41.4 Å². The van der Waals surface area contributed by atoms with Crippen LogP contribution in [0.2, 0.25) is 0 Å². The van der Waals surface area contributed by atoms with E-state index in [1.165, 1.54) is 71.4 Å². The molecule has 9 unspecified atom stereocenters. The Morgan fingerprint density at radius 2 is 0.696 bits per heavy atom. The summed E-state index contributed by atoms with van der Waals surface area (Å²) >= 11 is 0. The van der Waals surface area contributed by atoms with Gasteiger partial charge in [0.05, 0.1) is 0 Å². The summed E-state index contributed by atoms with van der Waals surface area (Å²) in [5.41, 5.74) is 13.4. The fraction of sp³-hybridized carbons (Fsp3) is 0.592. The Bertz CT molecular complexity index is 2430. The molecule has 0 spiro atoms. The van der Waals surface area contributed by atoms with Gasteiger partial charge in [-0.2, -0.15) is 0 Å². The van der Waals surface area contributed by atoms with Gasteiger partial charge in [-0.3, -0.25) is 14.4 Å². The Labute approximate surface area is 485 Å². The standard InChI is InChI=1S/C14H21N.C13H17NO.C12H17N.C11H17NO.C11H13NO.5C2H6/c1-10-9-13-7-5-6-8-14(13)15(4)12(3)11(10)2;1-9-8-11-6-4-5-7-12(11)14(3)13(15)10(9)2;1-9-8-11-6-4-5-7-12(11)13(3)10(9)2;2*1-8-7-9-5-3-4-6-10(9)12(2)11(8)13;5*1-2/h5-8,10-12H,9H2,1-4H3;4-7,9-10H,8H2,1-3H3;4-7,9-10H,8H2,1-3H3;8H,3-7H2,1-2H3;3-6,8H,7H2,1-2H3;5*1-2H3. The van der Waals surface area contributed by atoms with Crippen molar-refractivity contribution in [3.63, 3.8) is 0 Å². The first-order chi connectivity index (χ1) is 37.8. The molecule has 4 aromatic rings. The minimum absolute atomic E-state index is 0.113. The summed E-state index contributed by atoms with van der Waals surface area (Å²) in [6.07, 6.45) is 10.2. The molecule has 5 aliphatic heterocycles. The van der Waals surface area contributed by atoms with Gasteiger partial charge in [0.1, 0.15) is 0 Å². The predicted molar refractivity (Wildman–Crippen MR) is 347 cm³/mol. The first-order valence-corrected chi connectivity index (χ1v) is 31.1. The number of hydrogen-bond acceptors (Lipinski definition) is 5. The number of rotatable bonds is 0. The van der Waals surface area contributed by atoms with Crippen LogP contribution in [0.5, 0.6) is 0 Å².